The largest absolute Gasteiger partial charge is 0.462 e. The Kier molecular flexibility index (Phi) is 3.14. The highest BCUT2D eigenvalue weighted by atomic mass is 16.5. The van der Waals surface area contributed by atoms with Crippen molar-refractivity contribution in [3.8, 4) is 0 Å². The first-order valence-corrected chi connectivity index (χ1v) is 3.88. The zero-order chi connectivity index (χ0) is 9.68. The Balaban J connectivity index is 2.74. The molecule has 0 aliphatic carbocycles. The highest BCUT2D eigenvalue weighted by molar-refractivity contribution is 6.14. The Morgan fingerprint density at radius 1 is 1.62 bits per heavy atom. The lowest BCUT2D eigenvalue weighted by molar-refractivity contribution is -0.136. The molecule has 0 saturated carbocycles. The number of aromatic nitrogens is 2. The number of rotatable bonds is 3. The van der Waals surface area contributed by atoms with Crippen LogP contribution in [0.3, 0.4) is 0 Å². The molecular formula is C9H10N2O2. The van der Waals surface area contributed by atoms with Crippen molar-refractivity contribution in [2.24, 2.45) is 0 Å². The minimum Gasteiger partial charge on any atom is -0.462 e. The van der Waals surface area contributed by atoms with E-state index in [-0.39, 0.29) is 5.57 Å². The molecule has 0 fully saturated rings. The maximum Gasteiger partial charge on any atom is 0.339 e. The standard InChI is InChI=1S/C9H10N2O2/c1-3-13-9(12)7(2)8-6-10-4-5-11-8/h4-6H,2-3H2,1H3. The van der Waals surface area contributed by atoms with Gasteiger partial charge in [0.15, 0.2) is 0 Å². The highest BCUT2D eigenvalue weighted by Gasteiger charge is 2.10. The van der Waals surface area contributed by atoms with E-state index in [0.29, 0.717) is 12.3 Å². The molecule has 0 unspecified atom stereocenters. The fourth-order valence-corrected chi connectivity index (χ4v) is 0.778. The van der Waals surface area contributed by atoms with Gasteiger partial charge in [0.25, 0.3) is 0 Å². The molecule has 0 aromatic carbocycles. The lowest BCUT2D eigenvalue weighted by Crippen LogP contribution is -2.06. The third-order valence-electron chi connectivity index (χ3n) is 1.39. The Labute approximate surface area is 76.3 Å². The smallest absolute Gasteiger partial charge is 0.339 e. The summed E-state index contributed by atoms with van der Waals surface area (Å²) in [6, 6.07) is 0. The van der Waals surface area contributed by atoms with Gasteiger partial charge in [-0.3, -0.25) is 9.97 Å². The van der Waals surface area contributed by atoms with Crippen LogP contribution in [-0.2, 0) is 9.53 Å². The minimum absolute atomic E-state index is 0.231. The van der Waals surface area contributed by atoms with Crippen molar-refractivity contribution in [1.29, 1.82) is 0 Å². The molecule has 0 saturated heterocycles. The van der Waals surface area contributed by atoms with Gasteiger partial charge in [-0.15, -0.1) is 0 Å². The lowest BCUT2D eigenvalue weighted by Gasteiger charge is -2.02. The van der Waals surface area contributed by atoms with Crippen molar-refractivity contribution in [2.45, 2.75) is 6.92 Å². The quantitative estimate of drug-likeness (QED) is 0.513. The van der Waals surface area contributed by atoms with E-state index < -0.39 is 5.97 Å². The van der Waals surface area contributed by atoms with Gasteiger partial charge in [-0.05, 0) is 6.92 Å². The summed E-state index contributed by atoms with van der Waals surface area (Å²) in [7, 11) is 0. The van der Waals surface area contributed by atoms with Gasteiger partial charge in [-0.1, -0.05) is 6.58 Å². The molecule has 13 heavy (non-hydrogen) atoms. The second kappa shape index (κ2) is 4.35. The molecule has 0 N–H and O–H groups in total. The van der Waals surface area contributed by atoms with Crippen molar-refractivity contribution in [3.05, 3.63) is 30.9 Å². The van der Waals surface area contributed by atoms with E-state index in [1.807, 2.05) is 0 Å². The van der Waals surface area contributed by atoms with E-state index >= 15 is 0 Å². The maximum absolute atomic E-state index is 11.2. The van der Waals surface area contributed by atoms with Gasteiger partial charge in [-0.2, -0.15) is 0 Å². The summed E-state index contributed by atoms with van der Waals surface area (Å²) >= 11 is 0. The van der Waals surface area contributed by atoms with Crippen molar-refractivity contribution in [3.63, 3.8) is 0 Å². The van der Waals surface area contributed by atoms with Gasteiger partial charge in [0.05, 0.1) is 24.1 Å². The van der Waals surface area contributed by atoms with E-state index in [0.717, 1.165) is 0 Å². The first-order chi connectivity index (χ1) is 6.25. The van der Waals surface area contributed by atoms with Gasteiger partial charge in [0.2, 0.25) is 0 Å². The Morgan fingerprint density at radius 3 is 2.92 bits per heavy atom. The summed E-state index contributed by atoms with van der Waals surface area (Å²) in [5.41, 5.74) is 0.677. The van der Waals surface area contributed by atoms with Crippen LogP contribution in [0.4, 0.5) is 0 Å². The van der Waals surface area contributed by atoms with Crippen LogP contribution >= 0.6 is 0 Å². The van der Waals surface area contributed by atoms with E-state index in [1.54, 1.807) is 6.92 Å². The molecule has 1 heterocycles. The normalized spacial score (nSPS) is 9.31. The third kappa shape index (κ3) is 2.37. The molecule has 68 valence electrons. The van der Waals surface area contributed by atoms with Gasteiger partial charge in [0.1, 0.15) is 0 Å². The zero-order valence-corrected chi connectivity index (χ0v) is 7.36. The second-order valence-corrected chi connectivity index (χ2v) is 2.29. The first-order valence-electron chi connectivity index (χ1n) is 3.88. The minimum atomic E-state index is -0.456. The molecular weight excluding hydrogens is 168 g/mol. The molecule has 0 bridgehead atoms. The zero-order valence-electron chi connectivity index (χ0n) is 7.36. The van der Waals surface area contributed by atoms with Crippen molar-refractivity contribution >= 4 is 11.5 Å². The third-order valence-corrected chi connectivity index (χ3v) is 1.39. The van der Waals surface area contributed by atoms with Gasteiger partial charge < -0.3 is 4.74 Å². The molecule has 1 aromatic heterocycles. The summed E-state index contributed by atoms with van der Waals surface area (Å²) < 4.78 is 4.75. The average molecular weight is 178 g/mol. The second-order valence-electron chi connectivity index (χ2n) is 2.29. The van der Waals surface area contributed by atoms with Crippen LogP contribution in [0.5, 0.6) is 0 Å². The van der Waals surface area contributed by atoms with E-state index in [9.17, 15) is 4.79 Å². The molecule has 4 heteroatoms. The number of carbonyl (C=O) groups excluding carboxylic acids is 1. The summed E-state index contributed by atoms with van der Waals surface area (Å²) in [5.74, 6) is -0.456. The number of nitrogens with zero attached hydrogens (tertiary/aromatic N) is 2. The van der Waals surface area contributed by atoms with Crippen LogP contribution in [-0.4, -0.2) is 22.5 Å². The monoisotopic (exact) mass is 178 g/mol. The molecule has 0 atom stereocenters. The molecule has 0 amide bonds. The van der Waals surface area contributed by atoms with Gasteiger partial charge in [-0.25, -0.2) is 4.79 Å². The first kappa shape index (κ1) is 9.38. The summed E-state index contributed by atoms with van der Waals surface area (Å²) in [4.78, 5) is 18.9. The lowest BCUT2D eigenvalue weighted by atomic mass is 10.2. The Hall–Kier alpha value is -1.71. The Bertz CT molecular complexity index is 309. The molecule has 1 aromatic rings. The summed E-state index contributed by atoms with van der Waals surface area (Å²) in [6.07, 6.45) is 4.50. The predicted molar refractivity (Wildman–Crippen MR) is 47.7 cm³/mol. The number of hydrogen-bond acceptors (Lipinski definition) is 4. The van der Waals surface area contributed by atoms with Crippen LogP contribution in [0.15, 0.2) is 25.2 Å². The fourth-order valence-electron chi connectivity index (χ4n) is 0.778. The van der Waals surface area contributed by atoms with Crippen LogP contribution < -0.4 is 0 Å². The fraction of sp³-hybridized carbons (Fsp3) is 0.222. The molecule has 0 aliphatic heterocycles. The van der Waals surface area contributed by atoms with Crippen LogP contribution in [0.1, 0.15) is 12.6 Å². The molecule has 1 rings (SSSR count). The van der Waals surface area contributed by atoms with Gasteiger partial charge >= 0.3 is 5.97 Å². The Morgan fingerprint density at radius 2 is 2.38 bits per heavy atom. The molecule has 0 aliphatic rings. The summed E-state index contributed by atoms with van der Waals surface area (Å²) in [5, 5.41) is 0. The topological polar surface area (TPSA) is 52.1 Å². The van der Waals surface area contributed by atoms with Crippen LogP contribution in [0.25, 0.3) is 5.57 Å². The highest BCUT2D eigenvalue weighted by Crippen LogP contribution is 2.08. The van der Waals surface area contributed by atoms with E-state index in [4.69, 9.17) is 4.74 Å². The number of hydrogen-bond donors (Lipinski definition) is 0. The van der Waals surface area contributed by atoms with E-state index in [1.165, 1.54) is 18.6 Å². The number of ether oxygens (including phenoxy) is 1. The maximum atomic E-state index is 11.2. The van der Waals surface area contributed by atoms with Crippen molar-refractivity contribution < 1.29 is 9.53 Å². The number of carbonyl (C=O) groups is 1. The average Bonchev–Trinajstić information content (AvgIpc) is 2.18. The summed E-state index contributed by atoms with van der Waals surface area (Å²) in [6.45, 7) is 5.64. The van der Waals surface area contributed by atoms with Crippen LogP contribution in [0, 0.1) is 0 Å². The molecule has 0 radical (unpaired) electrons. The van der Waals surface area contributed by atoms with Crippen LogP contribution in [0.2, 0.25) is 0 Å². The molecule has 4 nitrogen and oxygen atoms in total. The number of esters is 1. The SMILES string of the molecule is C=C(C(=O)OCC)c1cnccn1. The predicted octanol–water partition coefficient (Wildman–Crippen LogP) is 1.05. The van der Waals surface area contributed by atoms with Gasteiger partial charge in [0, 0.05) is 12.4 Å². The van der Waals surface area contributed by atoms with Crippen molar-refractivity contribution in [1.82, 2.24) is 9.97 Å². The van der Waals surface area contributed by atoms with Crippen molar-refractivity contribution in [2.75, 3.05) is 6.61 Å². The molecule has 0 spiro atoms. The van der Waals surface area contributed by atoms with E-state index in [2.05, 4.69) is 16.5 Å².